The van der Waals surface area contributed by atoms with Gasteiger partial charge in [0.1, 0.15) is 17.2 Å². The summed E-state index contributed by atoms with van der Waals surface area (Å²) in [6.07, 6.45) is 0. The highest BCUT2D eigenvalue weighted by atomic mass is 19.1. The Labute approximate surface area is 79.4 Å². The molecule has 2 rings (SSSR count). The van der Waals surface area contributed by atoms with E-state index < -0.39 is 18.7 Å². The fourth-order valence-electron chi connectivity index (χ4n) is 1.19. The van der Waals surface area contributed by atoms with Gasteiger partial charge in [-0.05, 0) is 31.1 Å². The molecule has 2 nitrogen and oxygen atoms in total. The topological polar surface area (TPSA) is 39.2 Å². The molecule has 2 N–H and O–H groups in total. The Bertz CT molecular complexity index is 520. The zero-order valence-corrected chi connectivity index (χ0v) is 6.75. The number of furan rings is 1. The van der Waals surface area contributed by atoms with E-state index in [1.807, 2.05) is 0 Å². The van der Waals surface area contributed by atoms with E-state index >= 15 is 0 Å². The van der Waals surface area contributed by atoms with Crippen molar-refractivity contribution in [3.63, 3.8) is 0 Å². The van der Waals surface area contributed by atoms with Gasteiger partial charge in [0.05, 0.1) is 6.04 Å². The second kappa shape index (κ2) is 2.85. The molecule has 1 aromatic carbocycles. The third kappa shape index (κ3) is 1.42. The lowest BCUT2D eigenvalue weighted by Crippen LogP contribution is -2.02. The minimum absolute atomic E-state index is 0.139. The van der Waals surface area contributed by atoms with Crippen molar-refractivity contribution in [1.29, 1.82) is 0 Å². The van der Waals surface area contributed by atoms with Crippen LogP contribution in [0, 0.1) is 5.82 Å². The highest BCUT2D eigenvalue weighted by molar-refractivity contribution is 5.77. The largest absolute Gasteiger partial charge is 0.459 e. The fourth-order valence-corrected chi connectivity index (χ4v) is 1.19. The van der Waals surface area contributed by atoms with Gasteiger partial charge in [-0.1, -0.05) is 0 Å². The molecule has 0 aliphatic carbocycles. The maximum absolute atomic E-state index is 12.9. The van der Waals surface area contributed by atoms with Gasteiger partial charge in [-0.15, -0.1) is 0 Å². The molecule has 2 aromatic rings. The van der Waals surface area contributed by atoms with Crippen LogP contribution in [0.15, 0.2) is 28.7 Å². The van der Waals surface area contributed by atoms with Gasteiger partial charge >= 0.3 is 0 Å². The van der Waals surface area contributed by atoms with Crippen LogP contribution in [0.3, 0.4) is 0 Å². The van der Waals surface area contributed by atoms with Crippen LogP contribution in [0.2, 0.25) is 0 Å². The van der Waals surface area contributed by atoms with E-state index in [2.05, 4.69) is 0 Å². The standard InChI is InChI=1S/C10H10FNO/c1-6(12)10-5-7-4-8(11)2-3-9(7)13-10/h2-6H,12H2,1H3/t6-/m1/s1/i1D3. The smallest absolute Gasteiger partial charge is 0.134 e. The first-order valence-corrected chi connectivity index (χ1v) is 3.82. The summed E-state index contributed by atoms with van der Waals surface area (Å²) in [5.74, 6) is -0.261. The SMILES string of the molecule is [2H]C([2H])([2H])[C@@H](N)c1cc2cc(F)ccc2o1. The van der Waals surface area contributed by atoms with Crippen molar-refractivity contribution in [1.82, 2.24) is 0 Å². The summed E-state index contributed by atoms with van der Waals surface area (Å²) >= 11 is 0. The van der Waals surface area contributed by atoms with Gasteiger partial charge < -0.3 is 10.2 Å². The van der Waals surface area contributed by atoms with Crippen LogP contribution in [-0.2, 0) is 0 Å². The van der Waals surface area contributed by atoms with Gasteiger partial charge in [0, 0.05) is 9.50 Å². The number of hydrogen-bond acceptors (Lipinski definition) is 2. The lowest BCUT2D eigenvalue weighted by atomic mass is 10.2. The minimum atomic E-state index is -2.33. The first-order chi connectivity index (χ1) is 7.38. The number of halogens is 1. The Morgan fingerprint density at radius 2 is 2.38 bits per heavy atom. The van der Waals surface area contributed by atoms with Crippen molar-refractivity contribution in [2.75, 3.05) is 0 Å². The third-order valence-corrected chi connectivity index (χ3v) is 1.80. The Morgan fingerprint density at radius 3 is 3.15 bits per heavy atom. The van der Waals surface area contributed by atoms with Crippen LogP contribution in [0.1, 0.15) is 22.8 Å². The number of fused-ring (bicyclic) bond motifs is 1. The number of hydrogen-bond donors (Lipinski definition) is 1. The summed E-state index contributed by atoms with van der Waals surface area (Å²) < 4.78 is 39.7. The van der Waals surface area contributed by atoms with Crippen molar-refractivity contribution in [2.45, 2.75) is 12.9 Å². The highest BCUT2D eigenvalue weighted by Crippen LogP contribution is 2.23. The van der Waals surface area contributed by atoms with Gasteiger partial charge in [-0.25, -0.2) is 4.39 Å². The summed E-state index contributed by atoms with van der Waals surface area (Å²) in [5.41, 5.74) is 5.95. The summed E-state index contributed by atoms with van der Waals surface area (Å²) in [7, 11) is 0. The molecular formula is C10H10FNO. The van der Waals surface area contributed by atoms with Crippen LogP contribution in [0.4, 0.5) is 4.39 Å². The second-order valence-corrected chi connectivity index (χ2v) is 2.81. The summed E-state index contributed by atoms with van der Waals surface area (Å²) in [4.78, 5) is 0. The molecule has 0 spiro atoms. The molecule has 0 aliphatic rings. The molecule has 13 heavy (non-hydrogen) atoms. The van der Waals surface area contributed by atoms with E-state index in [0.29, 0.717) is 11.0 Å². The highest BCUT2D eigenvalue weighted by Gasteiger charge is 2.07. The van der Waals surface area contributed by atoms with E-state index in [-0.39, 0.29) is 5.76 Å². The molecule has 1 atom stereocenters. The van der Waals surface area contributed by atoms with Crippen molar-refractivity contribution >= 4 is 11.0 Å². The van der Waals surface area contributed by atoms with E-state index in [1.165, 1.54) is 24.3 Å². The molecule has 1 aromatic heterocycles. The lowest BCUT2D eigenvalue weighted by Gasteiger charge is -1.96. The molecule has 0 radical (unpaired) electrons. The Hall–Kier alpha value is -1.35. The first kappa shape index (κ1) is 5.40. The van der Waals surface area contributed by atoms with E-state index in [4.69, 9.17) is 14.3 Å². The van der Waals surface area contributed by atoms with E-state index in [9.17, 15) is 4.39 Å². The summed E-state index contributed by atoms with van der Waals surface area (Å²) in [6.45, 7) is -2.33. The van der Waals surface area contributed by atoms with Gasteiger partial charge in [0.15, 0.2) is 0 Å². The van der Waals surface area contributed by atoms with Crippen LogP contribution >= 0.6 is 0 Å². The molecule has 0 aliphatic heterocycles. The summed E-state index contributed by atoms with van der Waals surface area (Å²) in [5, 5.41) is 0.509. The van der Waals surface area contributed by atoms with Gasteiger partial charge in [-0.3, -0.25) is 0 Å². The predicted octanol–water partition coefficient (Wildman–Crippen LogP) is 2.59. The lowest BCUT2D eigenvalue weighted by molar-refractivity contribution is 0.512. The molecule has 1 heterocycles. The predicted molar refractivity (Wildman–Crippen MR) is 48.8 cm³/mol. The maximum Gasteiger partial charge on any atom is 0.134 e. The third-order valence-electron chi connectivity index (χ3n) is 1.80. The monoisotopic (exact) mass is 182 g/mol. The van der Waals surface area contributed by atoms with Crippen LogP contribution < -0.4 is 5.73 Å². The maximum atomic E-state index is 12.9. The van der Waals surface area contributed by atoms with Crippen LogP contribution in [-0.4, -0.2) is 0 Å². The van der Waals surface area contributed by atoms with Crippen LogP contribution in [0.5, 0.6) is 0 Å². The zero-order valence-electron chi connectivity index (χ0n) is 9.75. The molecule has 0 unspecified atom stereocenters. The summed E-state index contributed by atoms with van der Waals surface area (Å²) in [6, 6.07) is 4.23. The Kier molecular flexibility index (Phi) is 1.18. The minimum Gasteiger partial charge on any atom is -0.459 e. The Morgan fingerprint density at radius 1 is 1.54 bits per heavy atom. The molecule has 0 bridgehead atoms. The first-order valence-electron chi connectivity index (χ1n) is 5.32. The number of rotatable bonds is 1. The fraction of sp³-hybridized carbons (Fsp3) is 0.200. The molecule has 0 saturated heterocycles. The number of benzene rings is 1. The van der Waals surface area contributed by atoms with Crippen molar-refractivity contribution in [3.8, 4) is 0 Å². The normalized spacial score (nSPS) is 17.8. The molecule has 0 fully saturated rings. The van der Waals surface area contributed by atoms with Gasteiger partial charge in [-0.2, -0.15) is 0 Å². The van der Waals surface area contributed by atoms with Crippen molar-refractivity contribution in [2.24, 2.45) is 5.73 Å². The zero-order chi connectivity index (χ0) is 11.9. The molecule has 68 valence electrons. The molecule has 0 saturated carbocycles. The van der Waals surface area contributed by atoms with Crippen LogP contribution in [0.25, 0.3) is 11.0 Å². The van der Waals surface area contributed by atoms with Crippen molar-refractivity contribution < 1.29 is 12.9 Å². The molecule has 3 heteroatoms. The van der Waals surface area contributed by atoms with Crippen molar-refractivity contribution in [3.05, 3.63) is 35.8 Å². The van der Waals surface area contributed by atoms with Gasteiger partial charge in [0.2, 0.25) is 0 Å². The average Bonchev–Trinajstić information content (AvgIpc) is 2.57. The average molecular weight is 182 g/mol. The molecule has 0 amide bonds. The van der Waals surface area contributed by atoms with Gasteiger partial charge in [0.25, 0.3) is 0 Å². The van der Waals surface area contributed by atoms with E-state index in [1.54, 1.807) is 0 Å². The number of nitrogens with two attached hydrogens (primary N) is 1. The molecular weight excluding hydrogens is 169 g/mol. The van der Waals surface area contributed by atoms with E-state index in [0.717, 1.165) is 0 Å². The quantitative estimate of drug-likeness (QED) is 0.736. The second-order valence-electron chi connectivity index (χ2n) is 2.81. The Balaban J connectivity index is 2.47.